The quantitative estimate of drug-likeness (QED) is 0.163. The first-order valence-electron chi connectivity index (χ1n) is 9.61. The van der Waals surface area contributed by atoms with E-state index >= 15 is 0 Å². The van der Waals surface area contributed by atoms with Gasteiger partial charge in [0.2, 0.25) is 5.83 Å². The van der Waals surface area contributed by atoms with E-state index in [2.05, 4.69) is 0 Å². The molecule has 0 aliphatic rings. The Hall–Kier alpha value is -2.43. The monoisotopic (exact) mass is 781 g/mol. The number of hydrogen-bond donors (Lipinski definition) is 0. The largest absolute Gasteiger partial charge is 0.460 e. The van der Waals surface area contributed by atoms with Gasteiger partial charge in [-0.15, -0.1) is 0 Å². The molecule has 47 heavy (non-hydrogen) atoms. The van der Waals surface area contributed by atoms with Gasteiger partial charge in [0.15, 0.2) is 6.33 Å². The van der Waals surface area contributed by atoms with E-state index in [1.54, 1.807) is 0 Å². The molecule has 31 heteroatoms. The highest BCUT2D eigenvalue weighted by molar-refractivity contribution is 5.22. The van der Waals surface area contributed by atoms with Gasteiger partial charge in [-0.05, 0) is 0 Å². The Bertz CT molecular complexity index is 1180. The summed E-state index contributed by atoms with van der Waals surface area (Å²) in [4.78, 5) is 0. The molecular weight excluding hydrogens is 781 g/mol. The van der Waals surface area contributed by atoms with Gasteiger partial charge in [0, 0.05) is 0 Å². The van der Waals surface area contributed by atoms with Crippen LogP contribution in [0.2, 0.25) is 0 Å². The van der Waals surface area contributed by atoms with Crippen LogP contribution in [-0.4, -0.2) is 83.2 Å². The molecule has 0 unspecified atom stereocenters. The number of halogens is 31. The van der Waals surface area contributed by atoms with Gasteiger partial charge in [0.05, 0.1) is 0 Å². The van der Waals surface area contributed by atoms with E-state index in [1.807, 2.05) is 0 Å². The molecule has 0 aromatic carbocycles. The fourth-order valence-corrected chi connectivity index (χ4v) is 2.54. The minimum atomic E-state index is -10.0. The fraction of sp³-hybridized carbons (Fsp3) is 0.875. The average Bonchev–Trinajstić information content (AvgIpc) is 2.85. The summed E-state index contributed by atoms with van der Waals surface area (Å²) in [6, 6.07) is 0. The van der Waals surface area contributed by atoms with Crippen molar-refractivity contribution in [3.8, 4) is 0 Å². The Balaban J connectivity index is 7.61. The molecule has 0 spiro atoms. The molecule has 281 valence electrons. The van der Waals surface area contributed by atoms with Crippen LogP contribution in [0, 0.1) is 6.33 Å². The van der Waals surface area contributed by atoms with Crippen molar-refractivity contribution in [1.82, 2.24) is 0 Å². The third kappa shape index (κ3) is 5.01. The van der Waals surface area contributed by atoms with E-state index in [0.717, 1.165) is 0 Å². The van der Waals surface area contributed by atoms with Crippen molar-refractivity contribution in [3.63, 3.8) is 0 Å². The lowest BCUT2D eigenvalue weighted by Crippen LogP contribution is -2.79. The van der Waals surface area contributed by atoms with Crippen LogP contribution in [0.5, 0.6) is 0 Å². The Morgan fingerprint density at radius 3 is 0.553 bits per heavy atom. The van der Waals surface area contributed by atoms with Gasteiger partial charge in [0.25, 0.3) is 0 Å². The SMILES string of the molecule is F/[C]=C(\F)C(F)(F)C(F)(F)C(F)(F)C(F)(F)C(F)(F)C(F)(F)C(F)(F)C(F)(F)C(F)(F)C(F)(F)C(F)(F)C(F)(F)C(F)(F)C(F)(F)F. The Labute approximate surface area is 233 Å². The van der Waals surface area contributed by atoms with Crippen molar-refractivity contribution >= 4 is 0 Å². The van der Waals surface area contributed by atoms with E-state index < -0.39 is 95.3 Å². The maximum absolute atomic E-state index is 13.6. The van der Waals surface area contributed by atoms with Crippen molar-refractivity contribution in [2.45, 2.75) is 83.2 Å². The maximum Gasteiger partial charge on any atom is 0.460 e. The molecule has 0 nitrogen and oxygen atoms in total. The van der Waals surface area contributed by atoms with Crippen LogP contribution in [0.15, 0.2) is 5.83 Å². The van der Waals surface area contributed by atoms with Crippen molar-refractivity contribution in [1.29, 1.82) is 0 Å². The Kier molecular flexibility index (Phi) is 10.2. The number of hydrogen-bond acceptors (Lipinski definition) is 0. The molecule has 0 saturated heterocycles. The molecular formula is C16F31. The standard InChI is InChI=1S/C16F31/c17-1-2(18)3(19,20)4(21,22)5(23,24)6(25,26)7(27,28)8(29,30)9(31,32)10(33,34)11(35,36)12(37,38)13(39,40)14(41,42)15(43,44)16(45,46)47. The molecule has 0 rings (SSSR count). The average molecular weight is 781 g/mol. The van der Waals surface area contributed by atoms with Crippen LogP contribution in [0.1, 0.15) is 0 Å². The van der Waals surface area contributed by atoms with Gasteiger partial charge in [-0.3, -0.25) is 0 Å². The molecule has 0 atom stereocenters. The summed E-state index contributed by atoms with van der Waals surface area (Å²) in [6.07, 6.45) is -9.70. The van der Waals surface area contributed by atoms with Gasteiger partial charge in [-0.25, -0.2) is 8.78 Å². The van der Waals surface area contributed by atoms with Gasteiger partial charge in [0.1, 0.15) is 0 Å². The normalized spacial score (nSPS) is 17.4. The molecule has 0 heterocycles. The van der Waals surface area contributed by atoms with Crippen LogP contribution in [0.4, 0.5) is 136 Å². The molecule has 0 amide bonds. The Morgan fingerprint density at radius 2 is 0.404 bits per heavy atom. The lowest BCUT2D eigenvalue weighted by atomic mass is 9.83. The highest BCUT2D eigenvalue weighted by atomic mass is 19.4. The number of rotatable bonds is 13. The highest BCUT2D eigenvalue weighted by Gasteiger charge is 3.01. The minimum Gasteiger partial charge on any atom is -0.201 e. The van der Waals surface area contributed by atoms with Gasteiger partial charge < -0.3 is 0 Å². The molecule has 0 fully saturated rings. The molecule has 0 aliphatic carbocycles. The molecule has 0 bridgehead atoms. The summed E-state index contributed by atoms with van der Waals surface area (Å²) < 4.78 is 408. The summed E-state index contributed by atoms with van der Waals surface area (Å²) in [5.74, 6) is -128. The summed E-state index contributed by atoms with van der Waals surface area (Å²) in [5.41, 5.74) is 0. The van der Waals surface area contributed by atoms with Crippen molar-refractivity contribution in [2.75, 3.05) is 0 Å². The zero-order valence-electron chi connectivity index (χ0n) is 19.7. The zero-order chi connectivity index (χ0) is 39.3. The first-order chi connectivity index (χ1) is 19.7. The van der Waals surface area contributed by atoms with E-state index in [0.29, 0.717) is 0 Å². The number of allylic oxidation sites excluding steroid dienone is 1. The first kappa shape index (κ1) is 44.6. The zero-order valence-corrected chi connectivity index (χ0v) is 19.7. The first-order valence-corrected chi connectivity index (χ1v) is 9.61. The van der Waals surface area contributed by atoms with Crippen molar-refractivity contribution in [3.05, 3.63) is 12.2 Å². The molecule has 0 N–H and O–H groups in total. The minimum absolute atomic E-state index is 1.37. The maximum atomic E-state index is 13.6. The topological polar surface area (TPSA) is 0 Å². The molecule has 0 aromatic heterocycles. The third-order valence-corrected chi connectivity index (χ3v) is 5.45. The predicted octanol–water partition coefficient (Wildman–Crippen LogP) is 10.4. The fourth-order valence-electron chi connectivity index (χ4n) is 2.54. The smallest absolute Gasteiger partial charge is 0.201 e. The number of alkyl halides is 29. The van der Waals surface area contributed by atoms with E-state index in [4.69, 9.17) is 0 Å². The summed E-state index contributed by atoms with van der Waals surface area (Å²) >= 11 is 0. The van der Waals surface area contributed by atoms with Crippen LogP contribution in [0.3, 0.4) is 0 Å². The van der Waals surface area contributed by atoms with Gasteiger partial charge in [-0.1, -0.05) is 0 Å². The van der Waals surface area contributed by atoms with Crippen LogP contribution in [0.25, 0.3) is 0 Å². The highest BCUT2D eigenvalue weighted by Crippen LogP contribution is 2.69. The lowest BCUT2D eigenvalue weighted by molar-refractivity contribution is -0.487. The second-order valence-electron chi connectivity index (χ2n) is 8.37. The molecule has 0 aromatic rings. The van der Waals surface area contributed by atoms with Crippen LogP contribution in [-0.2, 0) is 0 Å². The van der Waals surface area contributed by atoms with Gasteiger partial charge in [-0.2, -0.15) is 127 Å². The van der Waals surface area contributed by atoms with Crippen LogP contribution >= 0.6 is 0 Å². The van der Waals surface area contributed by atoms with E-state index in [-0.39, 0.29) is 0 Å². The lowest BCUT2D eigenvalue weighted by Gasteiger charge is -2.46. The second kappa shape index (κ2) is 10.8. The summed E-state index contributed by atoms with van der Waals surface area (Å²) in [6.45, 7) is 0. The third-order valence-electron chi connectivity index (χ3n) is 5.45. The molecule has 1 radical (unpaired) electrons. The van der Waals surface area contributed by atoms with Gasteiger partial charge >= 0.3 is 83.2 Å². The van der Waals surface area contributed by atoms with Crippen molar-refractivity contribution < 1.29 is 136 Å². The Morgan fingerprint density at radius 1 is 0.255 bits per heavy atom. The summed E-state index contributed by atoms with van der Waals surface area (Å²) in [7, 11) is 0. The van der Waals surface area contributed by atoms with E-state index in [9.17, 15) is 136 Å². The predicted molar refractivity (Wildman–Crippen MR) is 79.3 cm³/mol. The summed E-state index contributed by atoms with van der Waals surface area (Å²) in [5, 5.41) is 0. The van der Waals surface area contributed by atoms with E-state index in [1.165, 1.54) is 0 Å². The van der Waals surface area contributed by atoms with Crippen LogP contribution < -0.4 is 0 Å². The molecule has 0 saturated carbocycles. The second-order valence-corrected chi connectivity index (χ2v) is 8.37. The molecule has 0 aliphatic heterocycles. The van der Waals surface area contributed by atoms with Crippen molar-refractivity contribution in [2.24, 2.45) is 0 Å².